The summed E-state index contributed by atoms with van der Waals surface area (Å²) in [5.74, 6) is 1.11. The lowest BCUT2D eigenvalue weighted by Crippen LogP contribution is -2.32. The van der Waals surface area contributed by atoms with Crippen LogP contribution >= 0.6 is 0 Å². The van der Waals surface area contributed by atoms with Crippen LogP contribution in [0, 0.1) is 5.92 Å². The number of nitrogens with zero attached hydrogens (tertiary/aromatic N) is 2. The summed E-state index contributed by atoms with van der Waals surface area (Å²) in [7, 11) is 0. The molecule has 4 rings (SSSR count). The van der Waals surface area contributed by atoms with Crippen LogP contribution in [0.2, 0.25) is 0 Å². The summed E-state index contributed by atoms with van der Waals surface area (Å²) in [5.41, 5.74) is -0.0687. The minimum Gasteiger partial charge on any atom is -0.454 e. The van der Waals surface area contributed by atoms with Gasteiger partial charge in [0.1, 0.15) is 6.04 Å². The van der Waals surface area contributed by atoms with Gasteiger partial charge in [0.05, 0.1) is 5.56 Å². The standard InChI is InChI=1S/C22H20F3N3O4/c1-3-12(2)18(26-20(29)13-4-7-15(8-5-13)22(23,24)25)21-27-19(28-32-21)14-6-9-16-17(10-14)31-11-30-16/h4-10,12,18H,3,11H2,1-2H3,(H,26,29)/t12-,18-/m0/s1. The molecule has 0 saturated carbocycles. The Labute approximate surface area is 181 Å². The van der Waals surface area contributed by atoms with Gasteiger partial charge >= 0.3 is 6.18 Å². The number of hydrogen-bond acceptors (Lipinski definition) is 6. The maximum Gasteiger partial charge on any atom is 0.416 e. The number of amides is 1. The van der Waals surface area contributed by atoms with Gasteiger partial charge in [-0.25, -0.2) is 0 Å². The molecule has 2 heterocycles. The molecule has 10 heteroatoms. The SMILES string of the molecule is CC[C@H](C)[C@H](NC(=O)c1ccc(C(F)(F)F)cc1)c1nc(-c2ccc3c(c2)OCO3)no1. The number of rotatable bonds is 6. The van der Waals surface area contributed by atoms with Crippen LogP contribution in [0.5, 0.6) is 11.5 Å². The van der Waals surface area contributed by atoms with E-state index >= 15 is 0 Å². The molecule has 7 nitrogen and oxygen atoms in total. The molecule has 3 aromatic rings. The second-order valence-corrected chi connectivity index (χ2v) is 7.44. The van der Waals surface area contributed by atoms with E-state index in [0.717, 1.165) is 24.3 Å². The lowest BCUT2D eigenvalue weighted by Gasteiger charge is -2.21. The lowest BCUT2D eigenvalue weighted by atomic mass is 9.98. The monoisotopic (exact) mass is 447 g/mol. The number of aromatic nitrogens is 2. The molecule has 0 radical (unpaired) electrons. The molecule has 0 aliphatic carbocycles. The van der Waals surface area contributed by atoms with E-state index in [2.05, 4.69) is 15.5 Å². The Morgan fingerprint density at radius 3 is 2.53 bits per heavy atom. The van der Waals surface area contributed by atoms with Crippen molar-refractivity contribution in [1.29, 1.82) is 0 Å². The third-order valence-electron chi connectivity index (χ3n) is 5.31. The average molecular weight is 447 g/mol. The fourth-order valence-electron chi connectivity index (χ4n) is 3.23. The third kappa shape index (κ3) is 4.39. The first kappa shape index (κ1) is 21.7. The van der Waals surface area contributed by atoms with E-state index in [9.17, 15) is 18.0 Å². The predicted octanol–water partition coefficient (Wildman–Crippen LogP) is 5.00. The van der Waals surface area contributed by atoms with Gasteiger partial charge in [-0.1, -0.05) is 25.4 Å². The first-order valence-corrected chi connectivity index (χ1v) is 9.98. The summed E-state index contributed by atoms with van der Waals surface area (Å²) < 4.78 is 54.4. The molecule has 1 aliphatic heterocycles. The zero-order valence-electron chi connectivity index (χ0n) is 17.3. The van der Waals surface area contributed by atoms with Gasteiger partial charge in [-0.3, -0.25) is 4.79 Å². The number of fused-ring (bicyclic) bond motifs is 1. The molecule has 32 heavy (non-hydrogen) atoms. The van der Waals surface area contributed by atoms with Crippen LogP contribution in [0.1, 0.15) is 48.1 Å². The van der Waals surface area contributed by atoms with Crippen LogP contribution in [0.3, 0.4) is 0 Å². The number of carbonyl (C=O) groups excluding carboxylic acids is 1. The van der Waals surface area contributed by atoms with Gasteiger partial charge in [0.15, 0.2) is 11.5 Å². The Bertz CT molecular complexity index is 1110. The highest BCUT2D eigenvalue weighted by atomic mass is 19.4. The lowest BCUT2D eigenvalue weighted by molar-refractivity contribution is -0.137. The second kappa shape index (κ2) is 8.52. The molecule has 0 saturated heterocycles. The molecule has 0 bridgehead atoms. The maximum atomic E-state index is 12.8. The minimum atomic E-state index is -4.47. The van der Waals surface area contributed by atoms with E-state index in [-0.39, 0.29) is 24.2 Å². The van der Waals surface area contributed by atoms with Gasteiger partial charge in [-0.05, 0) is 48.4 Å². The number of carbonyl (C=O) groups is 1. The molecule has 2 atom stereocenters. The smallest absolute Gasteiger partial charge is 0.416 e. The maximum absolute atomic E-state index is 12.8. The quantitative estimate of drug-likeness (QED) is 0.572. The Morgan fingerprint density at radius 2 is 1.84 bits per heavy atom. The molecule has 168 valence electrons. The van der Waals surface area contributed by atoms with E-state index in [0.29, 0.717) is 29.3 Å². The summed E-state index contributed by atoms with van der Waals surface area (Å²) in [6.07, 6.45) is -3.77. The van der Waals surface area contributed by atoms with Crippen molar-refractivity contribution in [3.63, 3.8) is 0 Å². The van der Waals surface area contributed by atoms with Gasteiger partial charge in [0.25, 0.3) is 5.91 Å². The number of nitrogens with one attached hydrogen (secondary N) is 1. The second-order valence-electron chi connectivity index (χ2n) is 7.44. The van der Waals surface area contributed by atoms with Gasteiger partial charge in [-0.2, -0.15) is 18.2 Å². The molecule has 2 aromatic carbocycles. The topological polar surface area (TPSA) is 86.5 Å². The average Bonchev–Trinajstić information content (AvgIpc) is 3.45. The summed E-state index contributed by atoms with van der Waals surface area (Å²) in [6, 6.07) is 8.64. The first-order chi connectivity index (χ1) is 15.3. The van der Waals surface area contributed by atoms with Crippen molar-refractivity contribution >= 4 is 5.91 Å². The molecule has 0 fully saturated rings. The van der Waals surface area contributed by atoms with E-state index in [1.165, 1.54) is 0 Å². The molecular formula is C22H20F3N3O4. The van der Waals surface area contributed by atoms with Gasteiger partial charge < -0.3 is 19.3 Å². The third-order valence-corrected chi connectivity index (χ3v) is 5.31. The number of halogens is 3. The van der Waals surface area contributed by atoms with E-state index < -0.39 is 23.7 Å². The summed E-state index contributed by atoms with van der Waals surface area (Å²) >= 11 is 0. The van der Waals surface area contributed by atoms with Gasteiger partial charge in [0.2, 0.25) is 18.5 Å². The van der Waals surface area contributed by atoms with Gasteiger partial charge in [0, 0.05) is 11.1 Å². The number of alkyl halides is 3. The van der Waals surface area contributed by atoms with E-state index in [1.54, 1.807) is 18.2 Å². The molecular weight excluding hydrogens is 427 g/mol. The Hall–Kier alpha value is -3.56. The molecule has 1 aliphatic rings. The van der Waals surface area contributed by atoms with Crippen LogP contribution in [0.4, 0.5) is 13.2 Å². The van der Waals surface area contributed by atoms with Crippen molar-refractivity contribution in [1.82, 2.24) is 15.5 Å². The molecule has 1 N–H and O–H groups in total. The molecule has 1 aromatic heterocycles. The van der Waals surface area contributed by atoms with Gasteiger partial charge in [-0.15, -0.1) is 0 Å². The van der Waals surface area contributed by atoms with E-state index in [1.807, 2.05) is 13.8 Å². The van der Waals surface area contributed by atoms with Crippen LogP contribution in [0.25, 0.3) is 11.4 Å². The van der Waals surface area contributed by atoms with E-state index in [4.69, 9.17) is 14.0 Å². The van der Waals surface area contributed by atoms with Crippen LogP contribution in [-0.2, 0) is 6.18 Å². The van der Waals surface area contributed by atoms with Crippen molar-refractivity contribution in [2.24, 2.45) is 5.92 Å². The fourth-order valence-corrected chi connectivity index (χ4v) is 3.23. The Balaban J connectivity index is 1.55. The zero-order valence-corrected chi connectivity index (χ0v) is 17.3. The number of ether oxygens (including phenoxy) is 2. The van der Waals surface area contributed by atoms with Crippen LogP contribution in [0.15, 0.2) is 47.0 Å². The predicted molar refractivity (Wildman–Crippen MR) is 107 cm³/mol. The van der Waals surface area contributed by atoms with Crippen molar-refractivity contribution in [3.8, 4) is 22.9 Å². The summed E-state index contributed by atoms with van der Waals surface area (Å²) in [4.78, 5) is 17.1. The minimum absolute atomic E-state index is 0.0709. The zero-order chi connectivity index (χ0) is 22.9. The number of benzene rings is 2. The van der Waals surface area contributed by atoms with Crippen LogP contribution < -0.4 is 14.8 Å². The first-order valence-electron chi connectivity index (χ1n) is 9.98. The van der Waals surface area contributed by atoms with Crippen molar-refractivity contribution in [2.45, 2.75) is 32.5 Å². The van der Waals surface area contributed by atoms with Crippen LogP contribution in [-0.4, -0.2) is 22.8 Å². The normalized spacial score (nSPS) is 14.8. The van der Waals surface area contributed by atoms with Crippen molar-refractivity contribution < 1.29 is 32.0 Å². The fraction of sp³-hybridized carbons (Fsp3) is 0.318. The Kier molecular flexibility index (Phi) is 5.77. The molecule has 0 unspecified atom stereocenters. The highest BCUT2D eigenvalue weighted by molar-refractivity contribution is 5.94. The summed E-state index contributed by atoms with van der Waals surface area (Å²) in [6.45, 7) is 3.99. The van der Waals surface area contributed by atoms with Crippen molar-refractivity contribution in [2.75, 3.05) is 6.79 Å². The van der Waals surface area contributed by atoms with Crippen molar-refractivity contribution in [3.05, 3.63) is 59.5 Å². The molecule has 1 amide bonds. The highest BCUT2D eigenvalue weighted by Crippen LogP contribution is 2.36. The Morgan fingerprint density at radius 1 is 1.12 bits per heavy atom. The number of hydrogen-bond donors (Lipinski definition) is 1. The molecule has 0 spiro atoms. The summed E-state index contributed by atoms with van der Waals surface area (Å²) in [5, 5.41) is 6.81. The largest absolute Gasteiger partial charge is 0.454 e. The highest BCUT2D eigenvalue weighted by Gasteiger charge is 2.31.